The molecule has 1 saturated heterocycles. The fraction of sp³-hybridized carbons (Fsp3) is 0.526. The highest BCUT2D eigenvalue weighted by Gasteiger charge is 2.38. The average molecular weight is 393 g/mol. The number of piperidine rings is 1. The number of rotatable bonds is 3. The molecule has 1 aliphatic heterocycles. The Morgan fingerprint density at radius 3 is 2.71 bits per heavy atom. The van der Waals surface area contributed by atoms with Gasteiger partial charge in [-0.3, -0.25) is 0 Å². The number of fused-ring (bicyclic) bond motifs is 1. The smallest absolute Gasteiger partial charge is 0.453 e. The van der Waals surface area contributed by atoms with E-state index in [-0.39, 0.29) is 11.8 Å². The van der Waals surface area contributed by atoms with Gasteiger partial charge in [0.05, 0.1) is 6.04 Å². The predicted molar refractivity (Wildman–Crippen MR) is 97.1 cm³/mol. The molecule has 3 aromatic rings. The fourth-order valence-corrected chi connectivity index (χ4v) is 3.74. The zero-order valence-corrected chi connectivity index (χ0v) is 16.0. The van der Waals surface area contributed by atoms with E-state index in [1.165, 1.54) is 4.52 Å². The SMILES string of the molecule is CCc1ccc([C@H]2C[C@H](C)CCN2c2cc(C)nc3nc(C(F)(F)F)nn23)o1. The van der Waals surface area contributed by atoms with Crippen molar-refractivity contribution in [1.29, 1.82) is 0 Å². The van der Waals surface area contributed by atoms with Crippen LogP contribution in [0, 0.1) is 12.8 Å². The zero-order chi connectivity index (χ0) is 20.1. The number of anilines is 1. The van der Waals surface area contributed by atoms with Gasteiger partial charge in [0, 0.05) is 24.7 Å². The van der Waals surface area contributed by atoms with E-state index < -0.39 is 12.0 Å². The second-order valence-electron chi connectivity index (χ2n) is 7.40. The maximum Gasteiger partial charge on any atom is 0.453 e. The highest BCUT2D eigenvalue weighted by Crippen LogP contribution is 2.38. The molecule has 6 nitrogen and oxygen atoms in total. The Kier molecular flexibility index (Phi) is 4.55. The quantitative estimate of drug-likeness (QED) is 0.652. The van der Waals surface area contributed by atoms with Gasteiger partial charge < -0.3 is 9.32 Å². The summed E-state index contributed by atoms with van der Waals surface area (Å²) >= 11 is 0. The summed E-state index contributed by atoms with van der Waals surface area (Å²) < 4.78 is 46.6. The summed E-state index contributed by atoms with van der Waals surface area (Å²) in [5.41, 5.74) is 0.592. The molecule has 1 fully saturated rings. The van der Waals surface area contributed by atoms with Crippen LogP contribution >= 0.6 is 0 Å². The van der Waals surface area contributed by atoms with Gasteiger partial charge in [-0.2, -0.15) is 22.7 Å². The molecular formula is C19H22F3N5O. The Hall–Kier alpha value is -2.58. The van der Waals surface area contributed by atoms with Gasteiger partial charge in [-0.15, -0.1) is 5.10 Å². The normalized spacial score (nSPS) is 20.9. The Morgan fingerprint density at radius 2 is 2.04 bits per heavy atom. The molecule has 0 aromatic carbocycles. The number of hydrogen-bond donors (Lipinski definition) is 0. The van der Waals surface area contributed by atoms with Crippen molar-refractivity contribution in [3.8, 4) is 0 Å². The first-order valence-corrected chi connectivity index (χ1v) is 9.43. The third kappa shape index (κ3) is 3.33. The van der Waals surface area contributed by atoms with Gasteiger partial charge in [0.15, 0.2) is 0 Å². The minimum absolute atomic E-state index is 0.0478. The molecule has 2 atom stereocenters. The van der Waals surface area contributed by atoms with E-state index in [1.807, 2.05) is 19.1 Å². The van der Waals surface area contributed by atoms with E-state index in [0.717, 1.165) is 30.8 Å². The number of aromatic nitrogens is 4. The van der Waals surface area contributed by atoms with Gasteiger partial charge in [0.25, 0.3) is 11.6 Å². The van der Waals surface area contributed by atoms with E-state index in [1.54, 1.807) is 13.0 Å². The van der Waals surface area contributed by atoms with Crippen LogP contribution in [0.1, 0.15) is 55.8 Å². The van der Waals surface area contributed by atoms with E-state index >= 15 is 0 Å². The van der Waals surface area contributed by atoms with Crippen LogP contribution in [-0.4, -0.2) is 26.1 Å². The zero-order valence-electron chi connectivity index (χ0n) is 16.0. The van der Waals surface area contributed by atoms with Gasteiger partial charge in [-0.25, -0.2) is 4.98 Å². The maximum absolute atomic E-state index is 13.1. The van der Waals surface area contributed by atoms with Crippen molar-refractivity contribution in [2.45, 2.75) is 52.3 Å². The molecule has 4 heterocycles. The molecule has 9 heteroatoms. The third-order valence-electron chi connectivity index (χ3n) is 5.19. The van der Waals surface area contributed by atoms with Crippen LogP contribution in [0.5, 0.6) is 0 Å². The van der Waals surface area contributed by atoms with Crippen LogP contribution in [0.15, 0.2) is 22.6 Å². The van der Waals surface area contributed by atoms with Crippen LogP contribution in [-0.2, 0) is 12.6 Å². The topological polar surface area (TPSA) is 59.5 Å². The van der Waals surface area contributed by atoms with Gasteiger partial charge in [0.1, 0.15) is 17.3 Å². The standard InChI is InChI=1S/C19H22F3N5O/c1-4-13-5-6-15(28-13)14-9-11(2)7-8-26(14)16-10-12(3)23-18-24-17(19(20,21)22)25-27(16)18/h5-6,10-11,14H,4,7-9H2,1-3H3/t11-,14-/m1/s1. The van der Waals surface area contributed by atoms with Crippen LogP contribution < -0.4 is 4.90 Å². The van der Waals surface area contributed by atoms with Gasteiger partial charge in [0.2, 0.25) is 0 Å². The van der Waals surface area contributed by atoms with Crippen LogP contribution in [0.25, 0.3) is 5.78 Å². The minimum atomic E-state index is -4.62. The summed E-state index contributed by atoms with van der Waals surface area (Å²) in [5.74, 6) is 1.52. The van der Waals surface area contributed by atoms with Crippen LogP contribution in [0.2, 0.25) is 0 Å². The Labute approximate surface area is 160 Å². The lowest BCUT2D eigenvalue weighted by Crippen LogP contribution is -2.37. The molecule has 4 rings (SSSR count). The molecule has 0 bridgehead atoms. The average Bonchev–Trinajstić information content (AvgIpc) is 3.27. The van der Waals surface area contributed by atoms with Crippen LogP contribution in [0.4, 0.5) is 19.0 Å². The molecule has 0 spiro atoms. The van der Waals surface area contributed by atoms with Crippen molar-refractivity contribution in [2.24, 2.45) is 5.92 Å². The Balaban J connectivity index is 1.82. The van der Waals surface area contributed by atoms with E-state index in [2.05, 4.69) is 26.9 Å². The van der Waals surface area contributed by atoms with E-state index in [9.17, 15) is 13.2 Å². The number of aryl methyl sites for hydroxylation is 2. The summed E-state index contributed by atoms with van der Waals surface area (Å²) in [6, 6.07) is 5.60. The fourth-order valence-electron chi connectivity index (χ4n) is 3.74. The first kappa shape index (κ1) is 18.8. The van der Waals surface area contributed by atoms with Crippen molar-refractivity contribution in [2.75, 3.05) is 11.4 Å². The van der Waals surface area contributed by atoms with E-state index in [0.29, 0.717) is 24.0 Å². The molecule has 0 amide bonds. The molecule has 0 unspecified atom stereocenters. The number of halogens is 3. The Bertz CT molecular complexity index is 993. The molecule has 0 radical (unpaired) electrons. The second-order valence-corrected chi connectivity index (χ2v) is 7.40. The third-order valence-corrected chi connectivity index (χ3v) is 5.19. The summed E-state index contributed by atoms with van der Waals surface area (Å²) in [6.07, 6.45) is -2.05. The molecule has 28 heavy (non-hydrogen) atoms. The molecule has 0 aliphatic carbocycles. The first-order valence-electron chi connectivity index (χ1n) is 9.43. The maximum atomic E-state index is 13.1. The summed E-state index contributed by atoms with van der Waals surface area (Å²) in [5, 5.41) is 3.71. The number of hydrogen-bond acceptors (Lipinski definition) is 5. The largest absolute Gasteiger partial charge is 0.464 e. The number of furan rings is 1. The van der Waals surface area contributed by atoms with Gasteiger partial charge >= 0.3 is 6.18 Å². The molecule has 0 saturated carbocycles. The summed E-state index contributed by atoms with van der Waals surface area (Å²) in [7, 11) is 0. The molecular weight excluding hydrogens is 371 g/mol. The number of alkyl halides is 3. The van der Waals surface area contributed by atoms with Crippen molar-refractivity contribution in [3.63, 3.8) is 0 Å². The van der Waals surface area contributed by atoms with Crippen molar-refractivity contribution < 1.29 is 17.6 Å². The lowest BCUT2D eigenvalue weighted by molar-refractivity contribution is -0.144. The lowest BCUT2D eigenvalue weighted by Gasteiger charge is -2.38. The van der Waals surface area contributed by atoms with Gasteiger partial charge in [-0.1, -0.05) is 13.8 Å². The van der Waals surface area contributed by atoms with Crippen LogP contribution in [0.3, 0.4) is 0 Å². The molecule has 1 aliphatic rings. The summed E-state index contributed by atoms with van der Waals surface area (Å²) in [4.78, 5) is 9.80. The monoisotopic (exact) mass is 393 g/mol. The first-order chi connectivity index (χ1) is 13.3. The van der Waals surface area contributed by atoms with Crippen molar-refractivity contribution in [3.05, 3.63) is 41.2 Å². The van der Waals surface area contributed by atoms with Crippen molar-refractivity contribution >= 4 is 11.6 Å². The lowest BCUT2D eigenvalue weighted by atomic mass is 9.91. The Morgan fingerprint density at radius 1 is 1.25 bits per heavy atom. The van der Waals surface area contributed by atoms with Crippen molar-refractivity contribution in [1.82, 2.24) is 19.6 Å². The molecule has 3 aromatic heterocycles. The highest BCUT2D eigenvalue weighted by atomic mass is 19.4. The van der Waals surface area contributed by atoms with E-state index in [4.69, 9.17) is 4.42 Å². The molecule has 0 N–H and O–H groups in total. The number of nitrogens with zero attached hydrogens (tertiary/aromatic N) is 5. The summed E-state index contributed by atoms with van der Waals surface area (Å²) in [6.45, 7) is 6.63. The second kappa shape index (κ2) is 6.79. The minimum Gasteiger partial charge on any atom is -0.464 e. The molecule has 150 valence electrons. The van der Waals surface area contributed by atoms with Gasteiger partial charge in [-0.05, 0) is 37.8 Å². The highest BCUT2D eigenvalue weighted by molar-refractivity contribution is 5.50. The predicted octanol–water partition coefficient (Wildman–Crippen LogP) is 4.58.